The maximum Gasteiger partial charge on any atom is 0.347 e. The predicted molar refractivity (Wildman–Crippen MR) is 146 cm³/mol. The largest absolute Gasteiger partial charge is 0.459 e. The van der Waals surface area contributed by atoms with Crippen LogP contribution in [0, 0.1) is 11.8 Å². The molecule has 3 nitrogen and oxygen atoms in total. The second kappa shape index (κ2) is 11.6. The summed E-state index contributed by atoms with van der Waals surface area (Å²) in [7, 11) is 0. The number of hydrogen-bond acceptors (Lipinski definition) is 3. The summed E-state index contributed by atoms with van der Waals surface area (Å²) in [5.41, 5.74) is 0.973. The molecule has 0 aliphatic heterocycles. The van der Waals surface area contributed by atoms with Crippen LogP contribution < -0.4 is 0 Å². The van der Waals surface area contributed by atoms with Crippen molar-refractivity contribution in [2.75, 3.05) is 6.67 Å². The second-order valence-corrected chi connectivity index (χ2v) is 11.1. The molecule has 1 aliphatic carbocycles. The Bertz CT molecular complexity index is 1140. The van der Waals surface area contributed by atoms with Crippen LogP contribution in [0.2, 0.25) is 0 Å². The van der Waals surface area contributed by atoms with Gasteiger partial charge in [0.1, 0.15) is 6.10 Å². The van der Waals surface area contributed by atoms with Crippen molar-refractivity contribution in [1.29, 1.82) is 0 Å². The zero-order chi connectivity index (χ0) is 26.5. The molecule has 1 N–H and O–H groups in total. The van der Waals surface area contributed by atoms with Crippen molar-refractivity contribution in [2.45, 2.75) is 70.0 Å². The Labute approximate surface area is 220 Å². The number of alkyl halides is 1. The van der Waals surface area contributed by atoms with Crippen molar-refractivity contribution in [3.63, 3.8) is 0 Å². The molecule has 4 atom stereocenters. The molecule has 4 rings (SSSR count). The number of esters is 1. The summed E-state index contributed by atoms with van der Waals surface area (Å²) in [6.45, 7) is 6.28. The summed E-state index contributed by atoms with van der Waals surface area (Å²) in [5.74, 6) is -0.0958. The van der Waals surface area contributed by atoms with Crippen molar-refractivity contribution >= 4 is 5.97 Å². The number of carbonyl (C=O) groups excluding carboxylic acids is 1. The number of aliphatic hydroxyl groups is 1. The molecule has 4 unspecified atom stereocenters. The van der Waals surface area contributed by atoms with E-state index in [0.717, 1.165) is 24.8 Å². The van der Waals surface area contributed by atoms with E-state index in [0.29, 0.717) is 29.9 Å². The van der Waals surface area contributed by atoms with E-state index >= 15 is 0 Å². The van der Waals surface area contributed by atoms with E-state index in [1.165, 1.54) is 5.56 Å². The van der Waals surface area contributed by atoms with Gasteiger partial charge < -0.3 is 9.84 Å². The van der Waals surface area contributed by atoms with Gasteiger partial charge in [-0.25, -0.2) is 4.79 Å². The van der Waals surface area contributed by atoms with Gasteiger partial charge in [0, 0.05) is 5.92 Å². The van der Waals surface area contributed by atoms with E-state index in [1.807, 2.05) is 36.4 Å². The molecule has 196 valence electrons. The molecule has 0 heterocycles. The van der Waals surface area contributed by atoms with Crippen LogP contribution in [0.1, 0.15) is 68.7 Å². The van der Waals surface area contributed by atoms with Crippen molar-refractivity contribution in [3.8, 4) is 0 Å². The molecule has 3 aromatic carbocycles. The van der Waals surface area contributed by atoms with Crippen LogP contribution in [-0.2, 0) is 27.0 Å². The monoisotopic (exact) mass is 502 g/mol. The molecule has 0 spiro atoms. The first-order valence-corrected chi connectivity index (χ1v) is 13.5. The van der Waals surface area contributed by atoms with E-state index in [4.69, 9.17) is 4.74 Å². The molecule has 0 radical (unpaired) electrons. The van der Waals surface area contributed by atoms with Gasteiger partial charge in [0.05, 0.1) is 6.67 Å². The van der Waals surface area contributed by atoms with E-state index in [1.54, 1.807) is 24.3 Å². The molecule has 0 saturated heterocycles. The summed E-state index contributed by atoms with van der Waals surface area (Å²) >= 11 is 0. The normalized spacial score (nSPS) is 21.7. The molecule has 0 bridgehead atoms. The summed E-state index contributed by atoms with van der Waals surface area (Å²) in [4.78, 5) is 14.0. The quantitative estimate of drug-likeness (QED) is 0.316. The van der Waals surface area contributed by atoms with Gasteiger partial charge >= 0.3 is 5.97 Å². The Morgan fingerprint density at radius 1 is 0.892 bits per heavy atom. The molecule has 3 aromatic rings. The molecule has 0 amide bonds. The molecule has 1 aliphatic rings. The van der Waals surface area contributed by atoms with E-state index in [-0.39, 0.29) is 24.1 Å². The molecule has 37 heavy (non-hydrogen) atoms. The number of carbonyl (C=O) groups is 1. The number of aryl methyl sites for hydroxylation is 1. The molecule has 4 heteroatoms. The number of rotatable bonds is 9. The van der Waals surface area contributed by atoms with Crippen LogP contribution in [0.25, 0.3) is 0 Å². The van der Waals surface area contributed by atoms with Gasteiger partial charge in [0.2, 0.25) is 5.60 Å². The maximum absolute atomic E-state index is 14.0. The second-order valence-electron chi connectivity index (χ2n) is 11.1. The first kappa shape index (κ1) is 27.1. The van der Waals surface area contributed by atoms with Crippen molar-refractivity contribution in [2.24, 2.45) is 11.8 Å². The smallest absolute Gasteiger partial charge is 0.347 e. The minimum atomic E-state index is -1.94. The molecule has 0 aromatic heterocycles. The highest BCUT2D eigenvalue weighted by Crippen LogP contribution is 2.44. The lowest BCUT2D eigenvalue weighted by Gasteiger charge is -2.44. The average Bonchev–Trinajstić information content (AvgIpc) is 2.92. The first-order chi connectivity index (χ1) is 17.8. The van der Waals surface area contributed by atoms with E-state index in [9.17, 15) is 14.3 Å². The van der Waals surface area contributed by atoms with E-state index in [2.05, 4.69) is 45.0 Å². The third kappa shape index (κ3) is 5.80. The highest BCUT2D eigenvalue weighted by Gasteiger charge is 2.47. The topological polar surface area (TPSA) is 46.5 Å². The van der Waals surface area contributed by atoms with Crippen LogP contribution >= 0.6 is 0 Å². The molecule has 1 fully saturated rings. The highest BCUT2D eigenvalue weighted by molar-refractivity contribution is 5.85. The van der Waals surface area contributed by atoms with Gasteiger partial charge in [0.15, 0.2) is 0 Å². The third-order valence-corrected chi connectivity index (χ3v) is 8.21. The summed E-state index contributed by atoms with van der Waals surface area (Å²) in [5, 5.41) is 12.1. The fourth-order valence-corrected chi connectivity index (χ4v) is 5.85. The first-order valence-electron chi connectivity index (χ1n) is 13.5. The summed E-state index contributed by atoms with van der Waals surface area (Å²) in [6.07, 6.45) is 3.54. The van der Waals surface area contributed by atoms with Gasteiger partial charge in [-0.15, -0.1) is 0 Å². The van der Waals surface area contributed by atoms with Crippen LogP contribution in [0.5, 0.6) is 0 Å². The average molecular weight is 503 g/mol. The number of hydrogen-bond donors (Lipinski definition) is 1. The maximum atomic E-state index is 14.0. The van der Waals surface area contributed by atoms with Gasteiger partial charge in [-0.05, 0) is 59.3 Å². The van der Waals surface area contributed by atoms with Gasteiger partial charge in [-0.1, -0.05) is 112 Å². The molecular formula is C33H39FO3. The minimum Gasteiger partial charge on any atom is -0.459 e. The van der Waals surface area contributed by atoms with Crippen LogP contribution in [0.3, 0.4) is 0 Å². The Kier molecular flexibility index (Phi) is 8.49. The van der Waals surface area contributed by atoms with Gasteiger partial charge in [-0.2, -0.15) is 0 Å². The minimum absolute atomic E-state index is 0.123. The lowest BCUT2D eigenvalue weighted by Crippen LogP contribution is -2.47. The lowest BCUT2D eigenvalue weighted by molar-refractivity contribution is -0.175. The van der Waals surface area contributed by atoms with E-state index < -0.39 is 11.6 Å². The molecule has 1 saturated carbocycles. The summed E-state index contributed by atoms with van der Waals surface area (Å²) < 4.78 is 19.0. The lowest BCUT2D eigenvalue weighted by atomic mass is 9.64. The van der Waals surface area contributed by atoms with Crippen LogP contribution in [0.15, 0.2) is 84.9 Å². The Morgan fingerprint density at radius 3 is 2.05 bits per heavy atom. The van der Waals surface area contributed by atoms with Crippen molar-refractivity contribution < 1.29 is 19.0 Å². The van der Waals surface area contributed by atoms with Crippen LogP contribution in [0.4, 0.5) is 4.39 Å². The van der Waals surface area contributed by atoms with Crippen LogP contribution in [-0.4, -0.2) is 23.9 Å². The number of halogens is 1. The summed E-state index contributed by atoms with van der Waals surface area (Å²) in [6, 6.07) is 26.6. The number of benzene rings is 3. The fraction of sp³-hybridized carbons (Fsp3) is 0.424. The number of ether oxygens (including phenoxy) is 1. The fourth-order valence-electron chi connectivity index (χ4n) is 5.85. The zero-order valence-electron chi connectivity index (χ0n) is 22.2. The predicted octanol–water partition coefficient (Wildman–Crippen LogP) is 7.15. The van der Waals surface area contributed by atoms with Gasteiger partial charge in [0.25, 0.3) is 0 Å². The SMILES string of the molecule is CC1CCC(C(C)(C)c2ccccc2)C(OC(=O)C(O)(c2ccccc2)c2ccc(CCCF)cc2)C1. The van der Waals surface area contributed by atoms with Crippen molar-refractivity contribution in [1.82, 2.24) is 0 Å². The van der Waals surface area contributed by atoms with Gasteiger partial charge in [-0.3, -0.25) is 4.39 Å². The Balaban J connectivity index is 1.67. The highest BCUT2D eigenvalue weighted by atomic mass is 19.1. The Hall–Kier alpha value is -2.98. The Morgan fingerprint density at radius 2 is 1.46 bits per heavy atom. The molecular weight excluding hydrogens is 463 g/mol. The zero-order valence-corrected chi connectivity index (χ0v) is 22.2. The van der Waals surface area contributed by atoms with Crippen molar-refractivity contribution in [3.05, 3.63) is 107 Å². The standard InChI is InChI=1S/C33H39FO3/c1-24-16-21-29(32(2,3)26-12-6-4-7-13-26)30(23-24)37-31(35)33(36,27-14-8-5-9-15-27)28-19-17-25(18-20-28)11-10-22-34/h4-9,12-15,17-20,24,29-30,36H,10-11,16,21-23H2,1-3H3. The third-order valence-electron chi connectivity index (χ3n) is 8.21.